The highest BCUT2D eigenvalue weighted by atomic mass is 35.5. The van der Waals surface area contributed by atoms with E-state index in [0.717, 1.165) is 6.54 Å². The van der Waals surface area contributed by atoms with Gasteiger partial charge in [0, 0.05) is 19.8 Å². The predicted octanol–water partition coefficient (Wildman–Crippen LogP) is 2.74. The molecule has 0 radical (unpaired) electrons. The third-order valence-electron chi connectivity index (χ3n) is 1.37. The lowest BCUT2D eigenvalue weighted by atomic mass is 9.97. The normalized spacial score (nSPS) is 12.8. The number of halogens is 1. The van der Waals surface area contributed by atoms with Gasteiger partial charge in [-0.1, -0.05) is 39.0 Å². The molecule has 0 rings (SSSR count). The first-order valence-corrected chi connectivity index (χ1v) is 4.69. The van der Waals surface area contributed by atoms with Crippen LogP contribution in [0.3, 0.4) is 0 Å². The molecule has 0 aromatic rings. The third-order valence-corrected chi connectivity index (χ3v) is 1.62. The van der Waals surface area contributed by atoms with E-state index < -0.39 is 0 Å². The van der Waals surface area contributed by atoms with Crippen molar-refractivity contribution in [1.29, 1.82) is 0 Å². The molecule has 3 heteroatoms. The average Bonchev–Trinajstić information content (AvgIpc) is 1.99. The molecule has 0 aromatic carbocycles. The van der Waals surface area contributed by atoms with Crippen molar-refractivity contribution in [2.75, 3.05) is 13.6 Å². The highest BCUT2D eigenvalue weighted by Gasteiger charge is 2.09. The Morgan fingerprint density at radius 2 is 2.08 bits per heavy atom. The van der Waals surface area contributed by atoms with E-state index in [1.165, 1.54) is 0 Å². The second-order valence-corrected chi connectivity index (χ2v) is 4.66. The number of nitrogens with one attached hydrogen (secondary N) is 1. The lowest BCUT2D eigenvalue weighted by Gasteiger charge is -2.23. The van der Waals surface area contributed by atoms with E-state index in [0.29, 0.717) is 5.03 Å². The average molecular weight is 203 g/mol. The van der Waals surface area contributed by atoms with E-state index in [9.17, 15) is 0 Å². The van der Waals surface area contributed by atoms with E-state index in [2.05, 4.69) is 32.8 Å². The molecule has 0 saturated heterocycles. The third kappa shape index (κ3) is 7.88. The molecule has 0 aliphatic carbocycles. The maximum atomic E-state index is 5.77. The van der Waals surface area contributed by atoms with Crippen molar-refractivity contribution in [1.82, 2.24) is 10.4 Å². The molecule has 0 heterocycles. The number of nitrogens with zero attached hydrogens (tertiary/aromatic N) is 1. The molecule has 13 heavy (non-hydrogen) atoms. The summed E-state index contributed by atoms with van der Waals surface area (Å²) >= 11 is 5.77. The molecule has 0 aromatic heterocycles. The SMILES string of the molecule is C=C/C(Cl)=C\N(C)NCC(C)(C)C. The first-order valence-electron chi connectivity index (χ1n) is 4.31. The van der Waals surface area contributed by atoms with Gasteiger partial charge in [0.15, 0.2) is 0 Å². The highest BCUT2D eigenvalue weighted by molar-refractivity contribution is 6.31. The fourth-order valence-corrected chi connectivity index (χ4v) is 0.792. The fraction of sp³-hybridized carbons (Fsp3) is 0.600. The molecule has 0 unspecified atom stereocenters. The minimum Gasteiger partial charge on any atom is -0.317 e. The molecule has 0 spiro atoms. The van der Waals surface area contributed by atoms with E-state index in [1.807, 2.05) is 12.1 Å². The van der Waals surface area contributed by atoms with Crippen molar-refractivity contribution in [2.24, 2.45) is 5.41 Å². The molecule has 2 nitrogen and oxygen atoms in total. The largest absolute Gasteiger partial charge is 0.317 e. The van der Waals surface area contributed by atoms with Crippen LogP contribution in [0.1, 0.15) is 20.8 Å². The Balaban J connectivity index is 3.89. The van der Waals surface area contributed by atoms with Crippen LogP contribution in [0.15, 0.2) is 23.9 Å². The number of allylic oxidation sites excluding steroid dienone is 2. The quantitative estimate of drug-likeness (QED) is 0.557. The Bertz CT molecular complexity index is 192. The zero-order chi connectivity index (χ0) is 10.5. The van der Waals surface area contributed by atoms with E-state index in [1.54, 1.807) is 12.3 Å². The van der Waals surface area contributed by atoms with Crippen molar-refractivity contribution in [3.05, 3.63) is 23.9 Å². The summed E-state index contributed by atoms with van der Waals surface area (Å²) in [7, 11) is 1.91. The molecule has 76 valence electrons. The van der Waals surface area contributed by atoms with Crippen LogP contribution >= 0.6 is 11.6 Å². The minimum absolute atomic E-state index is 0.267. The van der Waals surface area contributed by atoms with Crippen molar-refractivity contribution in [3.63, 3.8) is 0 Å². The second-order valence-electron chi connectivity index (χ2n) is 4.22. The van der Waals surface area contributed by atoms with E-state index >= 15 is 0 Å². The van der Waals surface area contributed by atoms with Gasteiger partial charge in [0.1, 0.15) is 0 Å². The summed E-state index contributed by atoms with van der Waals surface area (Å²) < 4.78 is 0. The molecule has 0 bridgehead atoms. The Morgan fingerprint density at radius 3 is 2.46 bits per heavy atom. The van der Waals surface area contributed by atoms with Gasteiger partial charge < -0.3 is 5.01 Å². The van der Waals surface area contributed by atoms with Gasteiger partial charge in [0.25, 0.3) is 0 Å². The topological polar surface area (TPSA) is 15.3 Å². The van der Waals surface area contributed by atoms with Gasteiger partial charge in [-0.3, -0.25) is 0 Å². The van der Waals surface area contributed by atoms with Gasteiger partial charge in [0.05, 0.1) is 5.03 Å². The van der Waals surface area contributed by atoms with Crippen LogP contribution in [0.25, 0.3) is 0 Å². The molecule has 1 N–H and O–H groups in total. The van der Waals surface area contributed by atoms with Gasteiger partial charge in [-0.05, 0) is 11.5 Å². The lowest BCUT2D eigenvalue weighted by Crippen LogP contribution is -2.36. The molecule has 0 atom stereocenters. The lowest BCUT2D eigenvalue weighted by molar-refractivity contribution is 0.254. The summed E-state index contributed by atoms with van der Waals surface area (Å²) in [5.41, 5.74) is 3.48. The summed E-state index contributed by atoms with van der Waals surface area (Å²) in [4.78, 5) is 0. The standard InChI is InChI=1S/C10H19ClN2/c1-6-9(11)7-13(5)12-8-10(2,3)4/h6-7,12H,1,8H2,2-5H3/b9-7+. The Kier molecular flexibility index (Phi) is 5.11. The van der Waals surface area contributed by atoms with Crippen LogP contribution in [-0.2, 0) is 0 Å². The summed E-state index contributed by atoms with van der Waals surface area (Å²) in [5.74, 6) is 0. The monoisotopic (exact) mass is 202 g/mol. The maximum Gasteiger partial charge on any atom is 0.0573 e. The van der Waals surface area contributed by atoms with Crippen LogP contribution in [0.2, 0.25) is 0 Å². The minimum atomic E-state index is 0.267. The number of hydrogen-bond acceptors (Lipinski definition) is 2. The van der Waals surface area contributed by atoms with Gasteiger partial charge >= 0.3 is 0 Å². The Labute approximate surface area is 86.2 Å². The molecule has 0 fully saturated rings. The fourth-order valence-electron chi connectivity index (χ4n) is 0.645. The van der Waals surface area contributed by atoms with Gasteiger partial charge in [-0.2, -0.15) is 0 Å². The molecule has 0 aliphatic rings. The Morgan fingerprint density at radius 1 is 1.54 bits per heavy atom. The Hall–Kier alpha value is -0.470. The molecule has 0 saturated carbocycles. The zero-order valence-electron chi connectivity index (χ0n) is 8.89. The molecule has 0 aliphatic heterocycles. The van der Waals surface area contributed by atoms with Crippen LogP contribution in [-0.4, -0.2) is 18.6 Å². The van der Waals surface area contributed by atoms with Gasteiger partial charge in [-0.25, -0.2) is 5.43 Å². The van der Waals surface area contributed by atoms with Crippen molar-refractivity contribution < 1.29 is 0 Å². The van der Waals surface area contributed by atoms with E-state index in [4.69, 9.17) is 11.6 Å². The predicted molar refractivity (Wildman–Crippen MR) is 59.4 cm³/mol. The second kappa shape index (κ2) is 5.30. The van der Waals surface area contributed by atoms with Crippen LogP contribution in [0.5, 0.6) is 0 Å². The summed E-state index contributed by atoms with van der Waals surface area (Å²) in [6.07, 6.45) is 3.40. The zero-order valence-corrected chi connectivity index (χ0v) is 9.65. The van der Waals surface area contributed by atoms with Gasteiger partial charge in [0.2, 0.25) is 0 Å². The van der Waals surface area contributed by atoms with E-state index in [-0.39, 0.29) is 5.41 Å². The number of rotatable bonds is 4. The van der Waals surface area contributed by atoms with Crippen molar-refractivity contribution in [2.45, 2.75) is 20.8 Å². The molecular weight excluding hydrogens is 184 g/mol. The smallest absolute Gasteiger partial charge is 0.0573 e. The van der Waals surface area contributed by atoms with Gasteiger partial charge in [-0.15, -0.1) is 0 Å². The summed E-state index contributed by atoms with van der Waals surface area (Å²) in [5, 5.41) is 2.47. The molecular formula is C10H19ClN2. The number of hydrogen-bond donors (Lipinski definition) is 1. The van der Waals surface area contributed by atoms with Crippen LogP contribution in [0.4, 0.5) is 0 Å². The highest BCUT2D eigenvalue weighted by Crippen LogP contribution is 2.10. The maximum absolute atomic E-state index is 5.77. The first kappa shape index (κ1) is 12.5. The number of hydrazine groups is 1. The first-order chi connectivity index (χ1) is 5.85. The van der Waals surface area contributed by atoms with Crippen molar-refractivity contribution >= 4 is 11.6 Å². The van der Waals surface area contributed by atoms with Crippen LogP contribution < -0.4 is 5.43 Å². The summed E-state index contributed by atoms with van der Waals surface area (Å²) in [6, 6.07) is 0. The molecule has 0 amide bonds. The van der Waals surface area contributed by atoms with Crippen molar-refractivity contribution in [3.8, 4) is 0 Å². The summed E-state index contributed by atoms with van der Waals surface area (Å²) in [6.45, 7) is 11.0. The van der Waals surface area contributed by atoms with Crippen LogP contribution in [0, 0.1) is 5.41 Å².